The van der Waals surface area contributed by atoms with Crippen LogP contribution in [0.2, 0.25) is 0 Å². The van der Waals surface area contributed by atoms with Crippen molar-refractivity contribution >= 4 is 17.2 Å². The summed E-state index contributed by atoms with van der Waals surface area (Å²) < 4.78 is 5.44. The molecule has 0 radical (unpaired) electrons. The third kappa shape index (κ3) is 5.21. The molecule has 6 nitrogen and oxygen atoms in total. The van der Waals surface area contributed by atoms with Crippen molar-refractivity contribution in [3.05, 3.63) is 95.2 Å². The molecule has 0 N–H and O–H groups in total. The molecule has 1 saturated heterocycles. The normalized spacial score (nSPS) is 14.6. The smallest absolute Gasteiger partial charge is 0.241 e. The standard InChI is InChI=1S/C26H26N4O2S/c31-25(18-22(20-8-3-1-4-9-20)21-10-5-2-6-11-21)30-15-13-29(14-16-30)19-24-27-26(28-32-24)23-12-7-17-33-23/h1-12,17,22H,13-16,18-19H2. The molecule has 168 valence electrons. The lowest BCUT2D eigenvalue weighted by Gasteiger charge is -2.34. The topological polar surface area (TPSA) is 62.5 Å². The Kier molecular flexibility index (Phi) is 6.60. The Balaban J connectivity index is 1.18. The summed E-state index contributed by atoms with van der Waals surface area (Å²) in [6.07, 6.45) is 0.474. The van der Waals surface area contributed by atoms with Crippen LogP contribution in [-0.2, 0) is 11.3 Å². The second-order valence-corrected chi connectivity index (χ2v) is 9.17. The summed E-state index contributed by atoms with van der Waals surface area (Å²) in [7, 11) is 0. The minimum absolute atomic E-state index is 0.0620. The van der Waals surface area contributed by atoms with Gasteiger partial charge in [0.15, 0.2) is 0 Å². The number of thiophene rings is 1. The molecule has 1 aliphatic rings. The number of rotatable bonds is 7. The van der Waals surface area contributed by atoms with Crippen molar-refractivity contribution in [3.63, 3.8) is 0 Å². The molecule has 2 aromatic carbocycles. The van der Waals surface area contributed by atoms with Crippen LogP contribution in [0.1, 0.15) is 29.4 Å². The third-order valence-corrected chi connectivity index (χ3v) is 6.94. The Morgan fingerprint density at radius 1 is 0.909 bits per heavy atom. The molecular weight excluding hydrogens is 432 g/mol. The van der Waals surface area contributed by atoms with Gasteiger partial charge in [-0.1, -0.05) is 71.9 Å². The van der Waals surface area contributed by atoms with Gasteiger partial charge in [-0.05, 0) is 22.6 Å². The second-order valence-electron chi connectivity index (χ2n) is 8.22. The Morgan fingerprint density at radius 3 is 2.18 bits per heavy atom. The Labute approximate surface area is 197 Å². The van der Waals surface area contributed by atoms with Crippen LogP contribution in [-0.4, -0.2) is 52.0 Å². The zero-order valence-corrected chi connectivity index (χ0v) is 19.2. The maximum Gasteiger partial charge on any atom is 0.241 e. The summed E-state index contributed by atoms with van der Waals surface area (Å²) in [5.74, 6) is 1.52. The first-order valence-electron chi connectivity index (χ1n) is 11.2. The number of piperazine rings is 1. The van der Waals surface area contributed by atoms with Crippen molar-refractivity contribution in [2.24, 2.45) is 0 Å². The van der Waals surface area contributed by atoms with E-state index >= 15 is 0 Å². The number of aromatic nitrogens is 2. The van der Waals surface area contributed by atoms with Crippen molar-refractivity contribution in [1.82, 2.24) is 19.9 Å². The van der Waals surface area contributed by atoms with Crippen molar-refractivity contribution in [3.8, 4) is 10.7 Å². The molecule has 5 rings (SSSR count). The van der Waals surface area contributed by atoms with Gasteiger partial charge in [0.1, 0.15) is 0 Å². The number of carbonyl (C=O) groups excluding carboxylic acids is 1. The molecule has 0 atom stereocenters. The first kappa shape index (κ1) is 21.6. The first-order chi connectivity index (χ1) is 16.3. The lowest BCUT2D eigenvalue weighted by Crippen LogP contribution is -2.48. The number of carbonyl (C=O) groups is 1. The fourth-order valence-electron chi connectivity index (χ4n) is 4.27. The van der Waals surface area contributed by atoms with Crippen molar-refractivity contribution in [2.45, 2.75) is 18.9 Å². The molecule has 0 bridgehead atoms. The van der Waals surface area contributed by atoms with E-state index in [0.717, 1.165) is 18.0 Å². The Hall–Kier alpha value is -3.29. The number of benzene rings is 2. The van der Waals surface area contributed by atoms with Gasteiger partial charge in [0, 0.05) is 38.5 Å². The van der Waals surface area contributed by atoms with Crippen LogP contribution in [0.3, 0.4) is 0 Å². The van der Waals surface area contributed by atoms with Crippen LogP contribution in [0.15, 0.2) is 82.7 Å². The summed E-state index contributed by atoms with van der Waals surface area (Å²) in [5.41, 5.74) is 2.35. The van der Waals surface area contributed by atoms with E-state index < -0.39 is 0 Å². The lowest BCUT2D eigenvalue weighted by atomic mass is 9.88. The largest absolute Gasteiger partial charge is 0.340 e. The third-order valence-electron chi connectivity index (χ3n) is 6.08. The molecule has 4 aromatic rings. The second kappa shape index (κ2) is 10.1. The maximum atomic E-state index is 13.2. The maximum absolute atomic E-state index is 13.2. The molecule has 33 heavy (non-hydrogen) atoms. The van der Waals surface area contributed by atoms with Gasteiger partial charge in [-0.3, -0.25) is 9.69 Å². The van der Waals surface area contributed by atoms with Gasteiger partial charge in [0.2, 0.25) is 17.6 Å². The molecule has 0 aliphatic carbocycles. The summed E-state index contributed by atoms with van der Waals surface area (Å²) in [6, 6.07) is 24.6. The number of amides is 1. The van der Waals surface area contributed by atoms with Gasteiger partial charge in [0.05, 0.1) is 11.4 Å². The van der Waals surface area contributed by atoms with Crippen LogP contribution in [0.25, 0.3) is 10.7 Å². The van der Waals surface area contributed by atoms with Gasteiger partial charge in [-0.2, -0.15) is 4.98 Å². The average Bonchev–Trinajstić information content (AvgIpc) is 3.56. The number of hydrogen-bond donors (Lipinski definition) is 0. The first-order valence-corrected chi connectivity index (χ1v) is 12.1. The van der Waals surface area contributed by atoms with Gasteiger partial charge < -0.3 is 9.42 Å². The highest BCUT2D eigenvalue weighted by Gasteiger charge is 2.26. The predicted octanol–water partition coefficient (Wildman–Crippen LogP) is 4.66. The van der Waals surface area contributed by atoms with E-state index in [1.807, 2.05) is 58.8 Å². The molecule has 0 spiro atoms. The molecule has 1 amide bonds. The molecule has 0 saturated carbocycles. The quantitative estimate of drug-likeness (QED) is 0.403. The predicted molar refractivity (Wildman–Crippen MR) is 129 cm³/mol. The fourth-order valence-corrected chi connectivity index (χ4v) is 4.92. The summed E-state index contributed by atoms with van der Waals surface area (Å²) in [4.78, 5) is 23.0. The molecule has 7 heteroatoms. The Bertz CT molecular complexity index is 1110. The number of hydrogen-bond acceptors (Lipinski definition) is 6. The average molecular weight is 459 g/mol. The molecule has 1 aliphatic heterocycles. The minimum Gasteiger partial charge on any atom is -0.340 e. The van der Waals surface area contributed by atoms with Crippen molar-refractivity contribution in [1.29, 1.82) is 0 Å². The molecular formula is C26H26N4O2S. The van der Waals surface area contributed by atoms with Crippen LogP contribution < -0.4 is 0 Å². The highest BCUT2D eigenvalue weighted by Crippen LogP contribution is 2.29. The van der Waals surface area contributed by atoms with Gasteiger partial charge >= 0.3 is 0 Å². The molecule has 3 heterocycles. The van der Waals surface area contributed by atoms with Crippen LogP contribution in [0.5, 0.6) is 0 Å². The fraction of sp³-hybridized carbons (Fsp3) is 0.269. The lowest BCUT2D eigenvalue weighted by molar-refractivity contribution is -0.133. The van der Waals surface area contributed by atoms with E-state index in [2.05, 4.69) is 39.3 Å². The van der Waals surface area contributed by atoms with Gasteiger partial charge in [-0.25, -0.2) is 0 Å². The van der Waals surface area contributed by atoms with Gasteiger partial charge in [0.25, 0.3) is 0 Å². The minimum atomic E-state index is 0.0620. The highest BCUT2D eigenvalue weighted by atomic mass is 32.1. The number of nitrogens with zero attached hydrogens (tertiary/aromatic N) is 4. The monoisotopic (exact) mass is 458 g/mol. The van der Waals surface area contributed by atoms with Crippen LogP contribution in [0, 0.1) is 0 Å². The molecule has 1 fully saturated rings. The van der Waals surface area contributed by atoms with Crippen LogP contribution in [0.4, 0.5) is 0 Å². The van der Waals surface area contributed by atoms with E-state index in [-0.39, 0.29) is 11.8 Å². The van der Waals surface area contributed by atoms with E-state index in [0.29, 0.717) is 37.8 Å². The SMILES string of the molecule is O=C(CC(c1ccccc1)c1ccccc1)N1CCN(Cc2nc(-c3cccs3)no2)CC1. The van der Waals surface area contributed by atoms with Crippen molar-refractivity contribution < 1.29 is 9.32 Å². The zero-order chi connectivity index (χ0) is 22.5. The van der Waals surface area contributed by atoms with Crippen molar-refractivity contribution in [2.75, 3.05) is 26.2 Å². The van der Waals surface area contributed by atoms with E-state index in [4.69, 9.17) is 4.52 Å². The Morgan fingerprint density at radius 2 is 1.58 bits per heavy atom. The van der Waals surface area contributed by atoms with E-state index in [9.17, 15) is 4.79 Å². The van der Waals surface area contributed by atoms with Crippen LogP contribution >= 0.6 is 11.3 Å². The zero-order valence-electron chi connectivity index (χ0n) is 18.3. The summed E-state index contributed by atoms with van der Waals surface area (Å²) in [5, 5.41) is 6.09. The molecule has 2 aromatic heterocycles. The summed E-state index contributed by atoms with van der Waals surface area (Å²) in [6.45, 7) is 3.62. The van der Waals surface area contributed by atoms with Gasteiger partial charge in [-0.15, -0.1) is 11.3 Å². The van der Waals surface area contributed by atoms with E-state index in [1.54, 1.807) is 11.3 Å². The molecule has 0 unspecified atom stereocenters. The van der Waals surface area contributed by atoms with E-state index in [1.165, 1.54) is 11.1 Å². The highest BCUT2D eigenvalue weighted by molar-refractivity contribution is 7.13. The summed E-state index contributed by atoms with van der Waals surface area (Å²) >= 11 is 1.60.